The molecule has 1 aliphatic heterocycles. The van der Waals surface area contributed by atoms with Crippen LogP contribution in [0.25, 0.3) is 0 Å². The Labute approximate surface area is 92.8 Å². The van der Waals surface area contributed by atoms with Gasteiger partial charge in [-0.05, 0) is 18.2 Å². The summed E-state index contributed by atoms with van der Waals surface area (Å²) in [7, 11) is 0. The monoisotopic (exact) mass is 225 g/mol. The third kappa shape index (κ3) is 2.33. The summed E-state index contributed by atoms with van der Waals surface area (Å²) < 4.78 is 0. The quantitative estimate of drug-likeness (QED) is 0.663. The van der Waals surface area contributed by atoms with E-state index in [4.69, 9.17) is 17.3 Å². The summed E-state index contributed by atoms with van der Waals surface area (Å²) in [5.74, 6) is 0.0631. The van der Waals surface area contributed by atoms with E-state index in [1.54, 1.807) is 18.2 Å². The second-order valence-electron chi connectivity index (χ2n) is 3.58. The number of nitrogen functional groups attached to an aromatic ring is 1. The second-order valence-corrected chi connectivity index (χ2v) is 4.02. The van der Waals surface area contributed by atoms with E-state index in [9.17, 15) is 4.79 Å². The van der Waals surface area contributed by atoms with Crippen LogP contribution >= 0.6 is 11.6 Å². The molecule has 1 saturated heterocycles. The molecule has 1 aromatic rings. The molecule has 4 N–H and O–H groups in total. The Morgan fingerprint density at radius 2 is 2.33 bits per heavy atom. The van der Waals surface area contributed by atoms with Crippen molar-refractivity contribution in [3.63, 3.8) is 0 Å². The SMILES string of the molecule is Nc1ccc(Cl)cc1NC1CNC(=O)C1. The minimum atomic E-state index is 0.0631. The van der Waals surface area contributed by atoms with E-state index in [-0.39, 0.29) is 11.9 Å². The third-order valence-electron chi connectivity index (χ3n) is 2.35. The Bertz CT molecular complexity index is 394. The molecule has 0 radical (unpaired) electrons. The van der Waals surface area contributed by atoms with Crippen LogP contribution in [0.1, 0.15) is 6.42 Å². The summed E-state index contributed by atoms with van der Waals surface area (Å²) in [4.78, 5) is 11.0. The molecule has 1 aromatic carbocycles. The Balaban J connectivity index is 2.10. The summed E-state index contributed by atoms with van der Waals surface area (Å²) in [5, 5.41) is 6.56. The number of halogens is 1. The zero-order chi connectivity index (χ0) is 10.8. The molecule has 1 aliphatic rings. The van der Waals surface area contributed by atoms with Crippen molar-refractivity contribution in [2.75, 3.05) is 17.6 Å². The molecular formula is C10H12ClN3O. The molecule has 0 bridgehead atoms. The minimum Gasteiger partial charge on any atom is -0.397 e. The van der Waals surface area contributed by atoms with E-state index in [0.717, 1.165) is 5.69 Å². The van der Waals surface area contributed by atoms with Crippen LogP contribution in [-0.4, -0.2) is 18.5 Å². The van der Waals surface area contributed by atoms with Gasteiger partial charge in [0, 0.05) is 18.0 Å². The first-order valence-electron chi connectivity index (χ1n) is 4.73. The van der Waals surface area contributed by atoms with Gasteiger partial charge in [-0.1, -0.05) is 11.6 Å². The number of anilines is 2. The molecular weight excluding hydrogens is 214 g/mol. The van der Waals surface area contributed by atoms with Crippen molar-refractivity contribution in [1.29, 1.82) is 0 Å². The lowest BCUT2D eigenvalue weighted by atomic mass is 10.2. The summed E-state index contributed by atoms with van der Waals surface area (Å²) in [6, 6.07) is 5.34. The number of benzene rings is 1. The molecule has 2 rings (SSSR count). The Kier molecular flexibility index (Phi) is 2.68. The van der Waals surface area contributed by atoms with Crippen LogP contribution in [0.4, 0.5) is 11.4 Å². The van der Waals surface area contributed by atoms with E-state index in [2.05, 4.69) is 10.6 Å². The summed E-state index contributed by atoms with van der Waals surface area (Å²) in [6.07, 6.45) is 0.478. The highest BCUT2D eigenvalue weighted by atomic mass is 35.5. The van der Waals surface area contributed by atoms with Crippen molar-refractivity contribution in [2.24, 2.45) is 0 Å². The molecule has 0 spiro atoms. The topological polar surface area (TPSA) is 67.2 Å². The maximum Gasteiger partial charge on any atom is 0.222 e. The van der Waals surface area contributed by atoms with Crippen LogP contribution in [0.3, 0.4) is 0 Å². The molecule has 1 unspecified atom stereocenters. The zero-order valence-corrected chi connectivity index (χ0v) is 8.84. The highest BCUT2D eigenvalue weighted by Gasteiger charge is 2.21. The Hall–Kier alpha value is -1.42. The van der Waals surface area contributed by atoms with Crippen LogP contribution in [0.5, 0.6) is 0 Å². The van der Waals surface area contributed by atoms with Gasteiger partial charge in [0.05, 0.1) is 17.4 Å². The van der Waals surface area contributed by atoms with Crippen molar-refractivity contribution in [3.05, 3.63) is 23.2 Å². The van der Waals surface area contributed by atoms with E-state index >= 15 is 0 Å². The molecule has 0 aliphatic carbocycles. The fraction of sp³-hybridized carbons (Fsp3) is 0.300. The second kappa shape index (κ2) is 3.98. The molecule has 5 heteroatoms. The first kappa shape index (κ1) is 10.1. The number of rotatable bonds is 2. The van der Waals surface area contributed by atoms with Gasteiger partial charge >= 0.3 is 0 Å². The molecule has 80 valence electrons. The van der Waals surface area contributed by atoms with Crippen molar-refractivity contribution in [3.8, 4) is 0 Å². The van der Waals surface area contributed by atoms with Gasteiger partial charge in [-0.3, -0.25) is 4.79 Å². The molecule has 1 amide bonds. The first-order valence-corrected chi connectivity index (χ1v) is 5.11. The van der Waals surface area contributed by atoms with Gasteiger partial charge in [-0.25, -0.2) is 0 Å². The molecule has 0 aromatic heterocycles. The summed E-state index contributed by atoms with van der Waals surface area (Å²) in [6.45, 7) is 0.630. The normalized spacial score (nSPS) is 20.1. The fourth-order valence-corrected chi connectivity index (χ4v) is 1.75. The maximum atomic E-state index is 11.0. The van der Waals surface area contributed by atoms with Gasteiger partial charge in [-0.15, -0.1) is 0 Å². The summed E-state index contributed by atoms with van der Waals surface area (Å²) in [5.41, 5.74) is 7.19. The molecule has 1 fully saturated rings. The standard InChI is InChI=1S/C10H12ClN3O/c11-6-1-2-8(12)9(3-6)14-7-4-10(15)13-5-7/h1-3,7,14H,4-5,12H2,(H,13,15). The van der Waals surface area contributed by atoms with E-state index in [1.165, 1.54) is 0 Å². The van der Waals surface area contributed by atoms with Gasteiger partial charge in [0.1, 0.15) is 0 Å². The number of carbonyl (C=O) groups excluding carboxylic acids is 1. The van der Waals surface area contributed by atoms with Gasteiger partial charge in [0.2, 0.25) is 5.91 Å². The van der Waals surface area contributed by atoms with Gasteiger partial charge in [-0.2, -0.15) is 0 Å². The van der Waals surface area contributed by atoms with Crippen LogP contribution in [0, 0.1) is 0 Å². The maximum absolute atomic E-state index is 11.0. The Morgan fingerprint density at radius 1 is 1.53 bits per heavy atom. The number of nitrogens with one attached hydrogen (secondary N) is 2. The van der Waals surface area contributed by atoms with Crippen molar-refractivity contribution in [2.45, 2.75) is 12.5 Å². The van der Waals surface area contributed by atoms with E-state index < -0.39 is 0 Å². The average molecular weight is 226 g/mol. The van der Waals surface area contributed by atoms with Crippen LogP contribution in [-0.2, 0) is 4.79 Å². The number of hydrogen-bond donors (Lipinski definition) is 3. The van der Waals surface area contributed by atoms with Gasteiger partial charge < -0.3 is 16.4 Å². The predicted molar refractivity (Wildman–Crippen MR) is 60.9 cm³/mol. The lowest BCUT2D eigenvalue weighted by molar-refractivity contribution is -0.119. The van der Waals surface area contributed by atoms with Crippen LogP contribution < -0.4 is 16.4 Å². The summed E-state index contributed by atoms with van der Waals surface area (Å²) >= 11 is 5.85. The lowest BCUT2D eigenvalue weighted by Gasteiger charge is -2.14. The smallest absolute Gasteiger partial charge is 0.222 e. The number of amides is 1. The third-order valence-corrected chi connectivity index (χ3v) is 2.59. The molecule has 0 saturated carbocycles. The largest absolute Gasteiger partial charge is 0.397 e. The minimum absolute atomic E-state index is 0.0631. The molecule has 15 heavy (non-hydrogen) atoms. The Morgan fingerprint density at radius 3 is 3.00 bits per heavy atom. The van der Waals surface area contributed by atoms with Crippen molar-refractivity contribution >= 4 is 28.9 Å². The van der Waals surface area contributed by atoms with Crippen molar-refractivity contribution in [1.82, 2.24) is 5.32 Å². The highest BCUT2D eigenvalue weighted by Crippen LogP contribution is 2.24. The first-order chi connectivity index (χ1) is 7.15. The van der Waals surface area contributed by atoms with E-state index in [0.29, 0.717) is 23.7 Å². The molecule has 1 heterocycles. The highest BCUT2D eigenvalue weighted by molar-refractivity contribution is 6.31. The number of nitrogens with two attached hydrogens (primary N) is 1. The van der Waals surface area contributed by atoms with Crippen molar-refractivity contribution < 1.29 is 4.79 Å². The predicted octanol–water partition coefficient (Wildman–Crippen LogP) is 1.22. The zero-order valence-electron chi connectivity index (χ0n) is 8.09. The van der Waals surface area contributed by atoms with Gasteiger partial charge in [0.15, 0.2) is 0 Å². The number of carbonyl (C=O) groups is 1. The van der Waals surface area contributed by atoms with Crippen LogP contribution in [0.15, 0.2) is 18.2 Å². The van der Waals surface area contributed by atoms with Gasteiger partial charge in [0.25, 0.3) is 0 Å². The number of hydrogen-bond acceptors (Lipinski definition) is 3. The molecule has 4 nitrogen and oxygen atoms in total. The lowest BCUT2D eigenvalue weighted by Crippen LogP contribution is -2.22. The van der Waals surface area contributed by atoms with E-state index in [1.807, 2.05) is 0 Å². The fourth-order valence-electron chi connectivity index (χ4n) is 1.58. The molecule has 1 atom stereocenters. The van der Waals surface area contributed by atoms with Crippen LogP contribution in [0.2, 0.25) is 5.02 Å². The average Bonchev–Trinajstić information content (AvgIpc) is 2.58.